The molecule has 3 aromatic carbocycles. The minimum atomic E-state index is -0.00714. The third-order valence-electron chi connectivity index (χ3n) is 6.09. The first-order chi connectivity index (χ1) is 13.4. The molecule has 27 heavy (non-hydrogen) atoms. The summed E-state index contributed by atoms with van der Waals surface area (Å²) in [5, 5.41) is 0. The topological polar surface area (TPSA) is 18.5 Å². The molecule has 1 aliphatic carbocycles. The molecular weight excluding hydrogens is 332 g/mol. The van der Waals surface area contributed by atoms with Crippen LogP contribution in [0.4, 0.5) is 0 Å². The highest BCUT2D eigenvalue weighted by Gasteiger charge is 2.50. The lowest BCUT2D eigenvalue weighted by molar-refractivity contribution is 0.123. The van der Waals surface area contributed by atoms with Crippen molar-refractivity contribution in [2.24, 2.45) is 0 Å². The van der Waals surface area contributed by atoms with Crippen LogP contribution in [0.1, 0.15) is 42.4 Å². The highest BCUT2D eigenvalue weighted by atomic mass is 16.5. The average Bonchev–Trinajstić information content (AvgIpc) is 3.09. The van der Waals surface area contributed by atoms with Gasteiger partial charge >= 0.3 is 0 Å². The van der Waals surface area contributed by atoms with Crippen molar-refractivity contribution in [3.05, 3.63) is 95.6 Å². The van der Waals surface area contributed by atoms with E-state index in [1.807, 2.05) is 18.2 Å². The number of hydrogen-bond acceptors (Lipinski definition) is 2. The van der Waals surface area contributed by atoms with Gasteiger partial charge in [-0.25, -0.2) is 0 Å². The lowest BCUT2D eigenvalue weighted by atomic mass is 9.64. The first kappa shape index (κ1) is 16.4. The summed E-state index contributed by atoms with van der Waals surface area (Å²) in [5.41, 5.74) is 3.88. The Morgan fingerprint density at radius 1 is 0.852 bits per heavy atom. The number of para-hydroxylation sites is 1. The van der Waals surface area contributed by atoms with E-state index >= 15 is 0 Å². The predicted octanol–water partition coefficient (Wildman–Crippen LogP) is 5.89. The second-order valence-electron chi connectivity index (χ2n) is 7.62. The molecule has 136 valence electrons. The summed E-state index contributed by atoms with van der Waals surface area (Å²) in [5.74, 6) is 1.98. The SMILES string of the molecule is c1ccc(COc2ccc(C34CCCCC3Oc3ccccc34)cc2)cc1. The maximum atomic E-state index is 6.37. The Bertz CT molecular complexity index is 917. The number of fused-ring (bicyclic) bond motifs is 3. The molecule has 0 spiro atoms. The summed E-state index contributed by atoms with van der Waals surface area (Å²) < 4.78 is 12.4. The summed E-state index contributed by atoms with van der Waals surface area (Å²) in [4.78, 5) is 0. The fraction of sp³-hybridized carbons (Fsp3) is 0.280. The van der Waals surface area contributed by atoms with Crippen molar-refractivity contribution in [3.63, 3.8) is 0 Å². The van der Waals surface area contributed by atoms with Gasteiger partial charge in [0.2, 0.25) is 0 Å². The van der Waals surface area contributed by atoms with Gasteiger partial charge in [-0.1, -0.05) is 67.1 Å². The van der Waals surface area contributed by atoms with Crippen LogP contribution in [-0.2, 0) is 12.0 Å². The minimum Gasteiger partial charge on any atom is -0.489 e. The summed E-state index contributed by atoms with van der Waals surface area (Å²) in [6.07, 6.45) is 5.03. The van der Waals surface area contributed by atoms with Gasteiger partial charge in [-0.2, -0.15) is 0 Å². The molecule has 2 atom stereocenters. The molecule has 2 aliphatic rings. The maximum Gasteiger partial charge on any atom is 0.124 e. The molecule has 0 aromatic heterocycles. The van der Waals surface area contributed by atoms with Crippen molar-refractivity contribution >= 4 is 0 Å². The Morgan fingerprint density at radius 3 is 2.48 bits per heavy atom. The standard InChI is InChI=1S/C25H24O2/c1-2-8-19(9-3-1)18-26-21-15-13-20(14-16-21)25-17-7-6-12-24(25)27-23-11-5-4-10-22(23)25/h1-5,8-11,13-16,24H,6-7,12,17-18H2. The van der Waals surface area contributed by atoms with Gasteiger partial charge in [0.05, 0.1) is 5.41 Å². The summed E-state index contributed by atoms with van der Waals surface area (Å²) in [7, 11) is 0. The summed E-state index contributed by atoms with van der Waals surface area (Å²) in [6, 6.07) is 27.6. The fourth-order valence-corrected chi connectivity index (χ4v) is 4.78. The van der Waals surface area contributed by atoms with Crippen molar-refractivity contribution < 1.29 is 9.47 Å². The van der Waals surface area contributed by atoms with Crippen LogP contribution in [0.2, 0.25) is 0 Å². The summed E-state index contributed by atoms with van der Waals surface area (Å²) >= 11 is 0. The molecule has 2 nitrogen and oxygen atoms in total. The molecule has 1 fully saturated rings. The van der Waals surface area contributed by atoms with Gasteiger partial charge in [-0.15, -0.1) is 0 Å². The van der Waals surface area contributed by atoms with Crippen molar-refractivity contribution in [3.8, 4) is 11.5 Å². The highest BCUT2D eigenvalue weighted by molar-refractivity contribution is 5.53. The van der Waals surface area contributed by atoms with E-state index in [0.29, 0.717) is 6.61 Å². The molecule has 5 rings (SSSR count). The number of benzene rings is 3. The van der Waals surface area contributed by atoms with Crippen LogP contribution >= 0.6 is 0 Å². The third-order valence-corrected chi connectivity index (χ3v) is 6.09. The molecule has 0 bridgehead atoms. The zero-order valence-corrected chi connectivity index (χ0v) is 15.4. The molecule has 0 radical (unpaired) electrons. The van der Waals surface area contributed by atoms with Gasteiger partial charge in [0.1, 0.15) is 24.2 Å². The highest BCUT2D eigenvalue weighted by Crippen LogP contribution is 2.54. The van der Waals surface area contributed by atoms with Gasteiger partial charge < -0.3 is 9.47 Å². The van der Waals surface area contributed by atoms with E-state index in [-0.39, 0.29) is 11.5 Å². The van der Waals surface area contributed by atoms with Crippen LogP contribution in [0.5, 0.6) is 11.5 Å². The van der Waals surface area contributed by atoms with E-state index in [1.165, 1.54) is 29.5 Å². The number of rotatable bonds is 4. The molecule has 2 unspecified atom stereocenters. The third kappa shape index (κ3) is 2.80. The largest absolute Gasteiger partial charge is 0.489 e. The monoisotopic (exact) mass is 356 g/mol. The van der Waals surface area contributed by atoms with E-state index in [0.717, 1.165) is 24.3 Å². The van der Waals surface area contributed by atoms with Crippen molar-refractivity contribution in [1.82, 2.24) is 0 Å². The maximum absolute atomic E-state index is 6.37. The fourth-order valence-electron chi connectivity index (χ4n) is 4.78. The van der Waals surface area contributed by atoms with Gasteiger partial charge in [0, 0.05) is 5.56 Å². The quantitative estimate of drug-likeness (QED) is 0.580. The lowest BCUT2D eigenvalue weighted by Gasteiger charge is -2.38. The summed E-state index contributed by atoms with van der Waals surface area (Å²) in [6.45, 7) is 0.597. The van der Waals surface area contributed by atoms with E-state index in [2.05, 4.69) is 60.7 Å². The molecule has 3 aromatic rings. The van der Waals surface area contributed by atoms with Crippen LogP contribution in [-0.4, -0.2) is 6.10 Å². The van der Waals surface area contributed by atoms with Crippen molar-refractivity contribution in [2.75, 3.05) is 0 Å². The molecule has 1 saturated carbocycles. The molecule has 0 N–H and O–H groups in total. The Kier molecular flexibility index (Phi) is 4.12. The van der Waals surface area contributed by atoms with Gasteiger partial charge in [-0.3, -0.25) is 0 Å². The van der Waals surface area contributed by atoms with Gasteiger partial charge in [0.15, 0.2) is 0 Å². The number of ether oxygens (including phenoxy) is 2. The zero-order chi connectivity index (χ0) is 18.1. The molecular formula is C25H24O2. The first-order valence-electron chi connectivity index (χ1n) is 9.90. The molecule has 1 aliphatic heterocycles. The van der Waals surface area contributed by atoms with Gasteiger partial charge in [0.25, 0.3) is 0 Å². The number of hydrogen-bond donors (Lipinski definition) is 0. The zero-order valence-electron chi connectivity index (χ0n) is 15.4. The second-order valence-corrected chi connectivity index (χ2v) is 7.62. The average molecular weight is 356 g/mol. The van der Waals surface area contributed by atoms with Crippen LogP contribution < -0.4 is 9.47 Å². The van der Waals surface area contributed by atoms with Crippen LogP contribution in [0.25, 0.3) is 0 Å². The van der Waals surface area contributed by atoms with E-state index in [4.69, 9.17) is 9.47 Å². The Balaban J connectivity index is 1.43. The van der Waals surface area contributed by atoms with E-state index in [1.54, 1.807) is 0 Å². The van der Waals surface area contributed by atoms with Crippen molar-refractivity contribution in [2.45, 2.75) is 43.8 Å². The van der Waals surface area contributed by atoms with Crippen LogP contribution in [0.15, 0.2) is 78.9 Å². The predicted molar refractivity (Wildman–Crippen MR) is 107 cm³/mol. The Labute approximate surface area is 160 Å². The van der Waals surface area contributed by atoms with E-state index in [9.17, 15) is 0 Å². The Hall–Kier alpha value is -2.74. The second kappa shape index (κ2) is 6.77. The molecule has 1 heterocycles. The van der Waals surface area contributed by atoms with Gasteiger partial charge in [-0.05, 0) is 48.6 Å². The molecule has 2 heteroatoms. The Morgan fingerprint density at radius 2 is 1.63 bits per heavy atom. The molecule has 0 amide bonds. The molecule has 0 saturated heterocycles. The normalized spacial score (nSPS) is 23.2. The van der Waals surface area contributed by atoms with Crippen LogP contribution in [0.3, 0.4) is 0 Å². The lowest BCUT2D eigenvalue weighted by Crippen LogP contribution is -2.41. The van der Waals surface area contributed by atoms with Crippen molar-refractivity contribution in [1.29, 1.82) is 0 Å². The minimum absolute atomic E-state index is 0.00714. The van der Waals surface area contributed by atoms with Crippen LogP contribution in [0, 0.1) is 0 Å². The van der Waals surface area contributed by atoms with E-state index < -0.39 is 0 Å². The smallest absolute Gasteiger partial charge is 0.124 e. The first-order valence-corrected chi connectivity index (χ1v) is 9.90.